The molecule has 0 saturated heterocycles. The standard InChI is InChI=1S/C13H20N6S/c1-10(11-4-5-20-8-11)6-15-13(14-2)16-7-12-18-17-9-19(12)3/h4-5,8-10H,6-7H2,1-3H3,(H2,14,15,16). The molecule has 2 aromatic rings. The molecule has 0 radical (unpaired) electrons. The summed E-state index contributed by atoms with van der Waals surface area (Å²) in [5.74, 6) is 2.10. The predicted molar refractivity (Wildman–Crippen MR) is 81.9 cm³/mol. The number of guanidine groups is 1. The highest BCUT2D eigenvalue weighted by molar-refractivity contribution is 7.07. The van der Waals surface area contributed by atoms with Crippen molar-refractivity contribution in [2.45, 2.75) is 19.4 Å². The molecular formula is C13H20N6S. The van der Waals surface area contributed by atoms with Gasteiger partial charge in [-0.25, -0.2) is 0 Å². The second-order valence-corrected chi connectivity index (χ2v) is 5.40. The molecule has 0 aliphatic heterocycles. The Morgan fingerprint density at radius 2 is 2.35 bits per heavy atom. The van der Waals surface area contributed by atoms with Gasteiger partial charge in [-0.05, 0) is 28.3 Å². The number of aromatic nitrogens is 3. The maximum atomic E-state index is 4.21. The highest BCUT2D eigenvalue weighted by Gasteiger charge is 2.07. The minimum absolute atomic E-state index is 0.453. The molecule has 2 N–H and O–H groups in total. The van der Waals surface area contributed by atoms with Gasteiger partial charge in [0.05, 0.1) is 6.54 Å². The third kappa shape index (κ3) is 3.80. The monoisotopic (exact) mass is 292 g/mol. The van der Waals surface area contributed by atoms with Crippen molar-refractivity contribution in [2.24, 2.45) is 12.0 Å². The normalized spacial score (nSPS) is 13.2. The van der Waals surface area contributed by atoms with Gasteiger partial charge < -0.3 is 15.2 Å². The van der Waals surface area contributed by atoms with E-state index >= 15 is 0 Å². The fourth-order valence-corrected chi connectivity index (χ4v) is 2.56. The summed E-state index contributed by atoms with van der Waals surface area (Å²) in [5.41, 5.74) is 1.35. The van der Waals surface area contributed by atoms with Crippen LogP contribution in [0.3, 0.4) is 0 Å². The number of aryl methyl sites for hydroxylation is 1. The van der Waals surface area contributed by atoms with Crippen molar-refractivity contribution < 1.29 is 0 Å². The van der Waals surface area contributed by atoms with Crippen molar-refractivity contribution in [3.8, 4) is 0 Å². The molecule has 2 heterocycles. The number of rotatable bonds is 5. The molecule has 0 aliphatic rings. The van der Waals surface area contributed by atoms with Crippen LogP contribution in [0.15, 0.2) is 28.1 Å². The average molecular weight is 292 g/mol. The number of thiophene rings is 1. The number of hydrogen-bond donors (Lipinski definition) is 2. The zero-order valence-corrected chi connectivity index (χ0v) is 12.8. The first-order valence-corrected chi connectivity index (χ1v) is 7.44. The smallest absolute Gasteiger partial charge is 0.191 e. The summed E-state index contributed by atoms with van der Waals surface area (Å²) in [4.78, 5) is 4.21. The van der Waals surface area contributed by atoms with E-state index in [1.807, 2.05) is 11.6 Å². The molecule has 0 aromatic carbocycles. The Kier molecular flexibility index (Phi) is 5.11. The maximum Gasteiger partial charge on any atom is 0.191 e. The van der Waals surface area contributed by atoms with Gasteiger partial charge in [0.25, 0.3) is 0 Å². The van der Waals surface area contributed by atoms with E-state index in [0.29, 0.717) is 12.5 Å². The van der Waals surface area contributed by atoms with Gasteiger partial charge >= 0.3 is 0 Å². The lowest BCUT2D eigenvalue weighted by molar-refractivity contribution is 0.685. The first kappa shape index (κ1) is 14.5. The van der Waals surface area contributed by atoms with Gasteiger partial charge in [-0.15, -0.1) is 10.2 Å². The van der Waals surface area contributed by atoms with E-state index in [2.05, 4.69) is 49.6 Å². The Labute approximate surface area is 123 Å². The zero-order valence-electron chi connectivity index (χ0n) is 12.0. The third-order valence-electron chi connectivity index (χ3n) is 3.13. The molecule has 0 saturated carbocycles. The van der Waals surface area contributed by atoms with Crippen LogP contribution < -0.4 is 10.6 Å². The highest BCUT2D eigenvalue weighted by atomic mass is 32.1. The van der Waals surface area contributed by atoms with Crippen LogP contribution in [0.2, 0.25) is 0 Å². The van der Waals surface area contributed by atoms with E-state index in [0.717, 1.165) is 18.3 Å². The minimum atomic E-state index is 0.453. The fourth-order valence-electron chi connectivity index (χ4n) is 1.77. The molecule has 7 heteroatoms. The molecule has 0 fully saturated rings. The third-order valence-corrected chi connectivity index (χ3v) is 3.83. The molecule has 0 spiro atoms. The van der Waals surface area contributed by atoms with Gasteiger partial charge in [0, 0.05) is 20.6 Å². The van der Waals surface area contributed by atoms with Gasteiger partial charge in [0.1, 0.15) is 6.33 Å². The van der Waals surface area contributed by atoms with Gasteiger partial charge in [0.15, 0.2) is 11.8 Å². The lowest BCUT2D eigenvalue weighted by Gasteiger charge is -2.15. The molecular weight excluding hydrogens is 272 g/mol. The van der Waals surface area contributed by atoms with E-state index in [1.165, 1.54) is 5.56 Å². The van der Waals surface area contributed by atoms with Gasteiger partial charge in [-0.1, -0.05) is 6.92 Å². The second kappa shape index (κ2) is 7.04. The first-order chi connectivity index (χ1) is 9.70. The van der Waals surface area contributed by atoms with E-state index in [-0.39, 0.29) is 0 Å². The van der Waals surface area contributed by atoms with Crippen LogP contribution in [-0.4, -0.2) is 34.3 Å². The van der Waals surface area contributed by atoms with Crippen LogP contribution in [0.4, 0.5) is 0 Å². The summed E-state index contributed by atoms with van der Waals surface area (Å²) in [5, 5.41) is 18.7. The van der Waals surface area contributed by atoms with Gasteiger partial charge in [0.2, 0.25) is 0 Å². The van der Waals surface area contributed by atoms with Crippen molar-refractivity contribution in [1.82, 2.24) is 25.4 Å². The quantitative estimate of drug-likeness (QED) is 0.645. The largest absolute Gasteiger partial charge is 0.356 e. The molecule has 2 rings (SSSR count). The molecule has 0 aliphatic carbocycles. The maximum absolute atomic E-state index is 4.21. The van der Waals surface area contributed by atoms with Crippen LogP contribution >= 0.6 is 11.3 Å². The molecule has 20 heavy (non-hydrogen) atoms. The highest BCUT2D eigenvalue weighted by Crippen LogP contribution is 2.16. The summed E-state index contributed by atoms with van der Waals surface area (Å²) in [6.07, 6.45) is 1.69. The minimum Gasteiger partial charge on any atom is -0.356 e. The SMILES string of the molecule is CN=C(NCc1nncn1C)NCC(C)c1ccsc1. The Balaban J connectivity index is 1.80. The van der Waals surface area contributed by atoms with Crippen molar-refractivity contribution in [1.29, 1.82) is 0 Å². The Hall–Kier alpha value is -1.89. The molecule has 2 aromatic heterocycles. The molecule has 1 atom stereocenters. The average Bonchev–Trinajstić information content (AvgIpc) is 3.10. The summed E-state index contributed by atoms with van der Waals surface area (Å²) < 4.78 is 1.88. The lowest BCUT2D eigenvalue weighted by atomic mass is 10.1. The van der Waals surface area contributed by atoms with Crippen molar-refractivity contribution >= 4 is 17.3 Å². The molecule has 0 amide bonds. The van der Waals surface area contributed by atoms with E-state index in [9.17, 15) is 0 Å². The predicted octanol–water partition coefficient (Wildman–Crippen LogP) is 1.35. The molecule has 1 unspecified atom stereocenters. The number of aliphatic imine (C=N–C) groups is 1. The Bertz CT molecular complexity index is 545. The second-order valence-electron chi connectivity index (χ2n) is 4.62. The molecule has 6 nitrogen and oxygen atoms in total. The van der Waals surface area contributed by atoms with Gasteiger partial charge in [-0.2, -0.15) is 11.3 Å². The molecule has 108 valence electrons. The van der Waals surface area contributed by atoms with E-state index in [1.54, 1.807) is 24.7 Å². The number of nitrogens with zero attached hydrogens (tertiary/aromatic N) is 4. The van der Waals surface area contributed by atoms with E-state index in [4.69, 9.17) is 0 Å². The number of nitrogens with one attached hydrogen (secondary N) is 2. The Morgan fingerprint density at radius 1 is 1.50 bits per heavy atom. The van der Waals surface area contributed by atoms with Crippen molar-refractivity contribution in [3.63, 3.8) is 0 Å². The van der Waals surface area contributed by atoms with Gasteiger partial charge in [-0.3, -0.25) is 4.99 Å². The van der Waals surface area contributed by atoms with Crippen LogP contribution in [0.25, 0.3) is 0 Å². The van der Waals surface area contributed by atoms with Crippen molar-refractivity contribution in [3.05, 3.63) is 34.5 Å². The Morgan fingerprint density at radius 3 is 2.95 bits per heavy atom. The number of hydrogen-bond acceptors (Lipinski definition) is 4. The topological polar surface area (TPSA) is 67.1 Å². The lowest BCUT2D eigenvalue weighted by Crippen LogP contribution is -2.39. The molecule has 0 bridgehead atoms. The zero-order chi connectivity index (χ0) is 14.4. The summed E-state index contributed by atoms with van der Waals surface area (Å²) >= 11 is 1.73. The summed E-state index contributed by atoms with van der Waals surface area (Å²) in [6.45, 7) is 3.64. The summed E-state index contributed by atoms with van der Waals surface area (Å²) in [7, 11) is 3.69. The van der Waals surface area contributed by atoms with E-state index < -0.39 is 0 Å². The summed E-state index contributed by atoms with van der Waals surface area (Å²) in [6, 6.07) is 2.16. The van der Waals surface area contributed by atoms with Crippen LogP contribution in [0.5, 0.6) is 0 Å². The first-order valence-electron chi connectivity index (χ1n) is 6.50. The van der Waals surface area contributed by atoms with Crippen molar-refractivity contribution in [2.75, 3.05) is 13.6 Å². The van der Waals surface area contributed by atoms with Crippen LogP contribution in [-0.2, 0) is 13.6 Å². The van der Waals surface area contributed by atoms with Crippen LogP contribution in [0, 0.1) is 0 Å². The van der Waals surface area contributed by atoms with Crippen LogP contribution in [0.1, 0.15) is 24.2 Å². The fraction of sp³-hybridized carbons (Fsp3) is 0.462.